The van der Waals surface area contributed by atoms with Gasteiger partial charge in [0.2, 0.25) is 0 Å². The van der Waals surface area contributed by atoms with Crippen molar-refractivity contribution in [2.45, 2.75) is 25.9 Å². The van der Waals surface area contributed by atoms with Crippen LogP contribution >= 0.6 is 23.2 Å². The molecule has 114 valence electrons. The van der Waals surface area contributed by atoms with Crippen molar-refractivity contribution in [3.05, 3.63) is 69.0 Å². The van der Waals surface area contributed by atoms with Crippen molar-refractivity contribution in [1.82, 2.24) is 4.90 Å². The molecule has 0 radical (unpaired) electrons. The SMILES string of the molecule is CC1Cc2cc(F)ccc2CN1C(=O)c1ccc(Cl)cc1Cl. The average Bonchev–Trinajstić information content (AvgIpc) is 2.45. The first-order valence-corrected chi connectivity index (χ1v) is 7.74. The molecule has 0 saturated heterocycles. The molecule has 2 aromatic carbocycles. The summed E-state index contributed by atoms with van der Waals surface area (Å²) in [5.74, 6) is -0.379. The van der Waals surface area contributed by atoms with E-state index in [-0.39, 0.29) is 17.8 Å². The highest BCUT2D eigenvalue weighted by Gasteiger charge is 2.28. The first-order valence-electron chi connectivity index (χ1n) is 6.99. The highest BCUT2D eigenvalue weighted by atomic mass is 35.5. The molecule has 2 aromatic rings. The number of nitrogens with zero attached hydrogens (tertiary/aromatic N) is 1. The summed E-state index contributed by atoms with van der Waals surface area (Å²) in [6.07, 6.45) is 0.629. The summed E-state index contributed by atoms with van der Waals surface area (Å²) in [5.41, 5.74) is 2.36. The highest BCUT2D eigenvalue weighted by Crippen LogP contribution is 2.28. The summed E-state index contributed by atoms with van der Waals surface area (Å²) in [7, 11) is 0. The average molecular weight is 338 g/mol. The molecule has 1 atom stereocenters. The second-order valence-corrected chi connectivity index (χ2v) is 6.37. The number of halogens is 3. The minimum Gasteiger partial charge on any atom is -0.331 e. The van der Waals surface area contributed by atoms with Crippen LogP contribution in [0.25, 0.3) is 0 Å². The fraction of sp³-hybridized carbons (Fsp3) is 0.235. The topological polar surface area (TPSA) is 20.3 Å². The molecular weight excluding hydrogens is 324 g/mol. The van der Waals surface area contributed by atoms with E-state index in [2.05, 4.69) is 0 Å². The Morgan fingerprint density at radius 1 is 1.18 bits per heavy atom. The van der Waals surface area contributed by atoms with Gasteiger partial charge in [0, 0.05) is 17.6 Å². The van der Waals surface area contributed by atoms with Crippen molar-refractivity contribution in [2.24, 2.45) is 0 Å². The summed E-state index contributed by atoms with van der Waals surface area (Å²) in [6.45, 7) is 2.41. The fourth-order valence-electron chi connectivity index (χ4n) is 2.80. The van der Waals surface area contributed by atoms with Gasteiger partial charge in [0.05, 0.1) is 10.6 Å². The predicted molar refractivity (Wildman–Crippen MR) is 85.9 cm³/mol. The van der Waals surface area contributed by atoms with Gasteiger partial charge in [-0.2, -0.15) is 0 Å². The van der Waals surface area contributed by atoms with Crippen molar-refractivity contribution in [1.29, 1.82) is 0 Å². The van der Waals surface area contributed by atoms with Gasteiger partial charge in [0.25, 0.3) is 5.91 Å². The van der Waals surface area contributed by atoms with E-state index < -0.39 is 0 Å². The molecule has 0 spiro atoms. The molecule has 1 heterocycles. The maximum atomic E-state index is 13.3. The summed E-state index contributed by atoms with van der Waals surface area (Å²) in [5, 5.41) is 0.837. The van der Waals surface area contributed by atoms with Gasteiger partial charge in [-0.1, -0.05) is 29.3 Å². The van der Waals surface area contributed by atoms with Crippen LogP contribution in [0.2, 0.25) is 10.0 Å². The van der Waals surface area contributed by atoms with Crippen molar-refractivity contribution >= 4 is 29.1 Å². The van der Waals surface area contributed by atoms with Gasteiger partial charge in [-0.15, -0.1) is 0 Å². The van der Waals surface area contributed by atoms with E-state index in [1.165, 1.54) is 6.07 Å². The maximum absolute atomic E-state index is 13.3. The van der Waals surface area contributed by atoms with Crippen LogP contribution in [-0.2, 0) is 13.0 Å². The Morgan fingerprint density at radius 3 is 2.68 bits per heavy atom. The van der Waals surface area contributed by atoms with E-state index in [1.807, 2.05) is 6.92 Å². The number of rotatable bonds is 1. The molecule has 1 aliphatic rings. The van der Waals surface area contributed by atoms with Crippen LogP contribution < -0.4 is 0 Å². The van der Waals surface area contributed by atoms with Gasteiger partial charge in [0.1, 0.15) is 5.82 Å². The van der Waals surface area contributed by atoms with Crippen LogP contribution in [0, 0.1) is 5.82 Å². The minimum atomic E-state index is -0.244. The number of carbonyl (C=O) groups excluding carboxylic acids is 1. The van der Waals surface area contributed by atoms with Crippen LogP contribution in [0.5, 0.6) is 0 Å². The molecule has 0 fully saturated rings. The van der Waals surface area contributed by atoms with Crippen molar-refractivity contribution in [2.75, 3.05) is 0 Å². The summed E-state index contributed by atoms with van der Waals surface area (Å²) < 4.78 is 13.3. The molecule has 0 bridgehead atoms. The lowest BCUT2D eigenvalue weighted by molar-refractivity contribution is 0.0658. The third-order valence-electron chi connectivity index (χ3n) is 3.98. The van der Waals surface area contributed by atoms with Gasteiger partial charge in [0.15, 0.2) is 0 Å². The zero-order valence-corrected chi connectivity index (χ0v) is 13.5. The fourth-order valence-corrected chi connectivity index (χ4v) is 3.29. The van der Waals surface area contributed by atoms with Gasteiger partial charge < -0.3 is 4.90 Å². The number of carbonyl (C=O) groups is 1. The van der Waals surface area contributed by atoms with Crippen molar-refractivity contribution in [3.8, 4) is 0 Å². The Hall–Kier alpha value is -1.58. The number of hydrogen-bond acceptors (Lipinski definition) is 1. The van der Waals surface area contributed by atoms with Crippen molar-refractivity contribution in [3.63, 3.8) is 0 Å². The smallest absolute Gasteiger partial charge is 0.255 e. The molecule has 1 amide bonds. The van der Waals surface area contributed by atoms with E-state index in [9.17, 15) is 9.18 Å². The molecule has 0 N–H and O–H groups in total. The molecule has 2 nitrogen and oxygen atoms in total. The van der Waals surface area contributed by atoms with Crippen LogP contribution in [0.15, 0.2) is 36.4 Å². The monoisotopic (exact) mass is 337 g/mol. The van der Waals surface area contributed by atoms with Crippen LogP contribution in [0.4, 0.5) is 4.39 Å². The summed E-state index contributed by atoms with van der Waals surface area (Å²) in [4.78, 5) is 14.5. The number of hydrogen-bond donors (Lipinski definition) is 0. The summed E-state index contributed by atoms with van der Waals surface area (Å²) >= 11 is 12.0. The Balaban J connectivity index is 1.92. The Bertz CT molecular complexity index is 747. The van der Waals surface area contributed by atoms with Gasteiger partial charge in [-0.25, -0.2) is 4.39 Å². The lowest BCUT2D eigenvalue weighted by Gasteiger charge is -2.35. The molecule has 0 aliphatic carbocycles. The first-order chi connectivity index (χ1) is 10.5. The lowest BCUT2D eigenvalue weighted by atomic mass is 9.94. The number of benzene rings is 2. The molecule has 0 saturated carbocycles. The standard InChI is InChI=1S/C17H14Cl2FNO/c1-10-6-12-7-14(20)4-2-11(12)9-21(10)17(22)15-5-3-13(18)8-16(15)19/h2-5,7-8,10H,6,9H2,1H3. The molecule has 1 unspecified atom stereocenters. The van der Waals surface area contributed by atoms with E-state index in [1.54, 1.807) is 35.2 Å². The zero-order valence-electron chi connectivity index (χ0n) is 11.9. The van der Waals surface area contributed by atoms with E-state index in [0.29, 0.717) is 28.6 Å². The van der Waals surface area contributed by atoms with E-state index in [4.69, 9.17) is 23.2 Å². The van der Waals surface area contributed by atoms with E-state index >= 15 is 0 Å². The molecule has 1 aliphatic heterocycles. The Morgan fingerprint density at radius 2 is 1.95 bits per heavy atom. The van der Waals surface area contributed by atoms with Crippen LogP contribution in [0.3, 0.4) is 0 Å². The second-order valence-electron chi connectivity index (χ2n) is 5.52. The van der Waals surface area contributed by atoms with Crippen molar-refractivity contribution < 1.29 is 9.18 Å². The Labute approximate surface area is 138 Å². The number of fused-ring (bicyclic) bond motifs is 1. The second kappa shape index (κ2) is 5.90. The predicted octanol–water partition coefficient (Wildman–Crippen LogP) is 4.72. The third kappa shape index (κ3) is 2.83. The largest absolute Gasteiger partial charge is 0.331 e. The van der Waals surface area contributed by atoms with Gasteiger partial charge in [-0.3, -0.25) is 4.79 Å². The molecule has 5 heteroatoms. The zero-order chi connectivity index (χ0) is 15.9. The first kappa shape index (κ1) is 15.3. The third-order valence-corrected chi connectivity index (χ3v) is 4.53. The molecule has 0 aromatic heterocycles. The molecular formula is C17H14Cl2FNO. The molecule has 22 heavy (non-hydrogen) atoms. The molecule has 3 rings (SSSR count). The highest BCUT2D eigenvalue weighted by molar-refractivity contribution is 6.36. The maximum Gasteiger partial charge on any atom is 0.255 e. The quantitative estimate of drug-likeness (QED) is 0.737. The van der Waals surface area contributed by atoms with E-state index in [0.717, 1.165) is 11.1 Å². The van der Waals surface area contributed by atoms with Crippen LogP contribution in [-0.4, -0.2) is 16.8 Å². The normalized spacial score (nSPS) is 17.3. The van der Waals surface area contributed by atoms with Gasteiger partial charge in [-0.05, 0) is 54.8 Å². The van der Waals surface area contributed by atoms with Crippen LogP contribution in [0.1, 0.15) is 28.4 Å². The Kier molecular flexibility index (Phi) is 4.11. The lowest BCUT2D eigenvalue weighted by Crippen LogP contribution is -2.42. The summed E-state index contributed by atoms with van der Waals surface area (Å²) in [6, 6.07) is 9.54. The number of amides is 1. The minimum absolute atomic E-state index is 0.0199. The van der Waals surface area contributed by atoms with Gasteiger partial charge >= 0.3 is 0 Å².